The van der Waals surface area contributed by atoms with E-state index in [-0.39, 0.29) is 11.7 Å². The van der Waals surface area contributed by atoms with Gasteiger partial charge in [-0.05, 0) is 33.6 Å². The molecule has 1 atom stereocenters. The predicted molar refractivity (Wildman–Crippen MR) is 84.4 cm³/mol. The van der Waals surface area contributed by atoms with E-state index >= 15 is 0 Å². The molecule has 118 valence electrons. The minimum absolute atomic E-state index is 0.0674. The van der Waals surface area contributed by atoms with Gasteiger partial charge in [0.2, 0.25) is 0 Å². The summed E-state index contributed by atoms with van der Waals surface area (Å²) in [4.78, 5) is 11.7. The second-order valence-corrected chi connectivity index (χ2v) is 7.33. The summed E-state index contributed by atoms with van der Waals surface area (Å²) in [6, 6.07) is 0. The Morgan fingerprint density at radius 2 is 1.75 bits per heavy atom. The van der Waals surface area contributed by atoms with Crippen LogP contribution in [0.3, 0.4) is 0 Å². The second-order valence-electron chi connectivity index (χ2n) is 4.93. The summed E-state index contributed by atoms with van der Waals surface area (Å²) >= 11 is 0. The highest BCUT2D eigenvalue weighted by atomic mass is 28.2. The van der Waals surface area contributed by atoms with Gasteiger partial charge in [-0.25, -0.2) is 4.79 Å². The number of hydrogen-bond donors (Lipinski definition) is 0. The topological polar surface area (TPSA) is 44.8 Å². The summed E-state index contributed by atoms with van der Waals surface area (Å²) < 4.78 is 17.3. The Balaban J connectivity index is 4.87. The van der Waals surface area contributed by atoms with Crippen molar-refractivity contribution in [2.75, 3.05) is 13.2 Å². The molecule has 0 amide bonds. The van der Waals surface area contributed by atoms with Crippen molar-refractivity contribution in [1.82, 2.24) is 0 Å². The minimum Gasteiger partial charge on any atom is -0.463 e. The number of carbonyl (C=O) groups excluding carboxylic acids is 1. The maximum absolute atomic E-state index is 11.7. The van der Waals surface area contributed by atoms with Crippen LogP contribution in [0.1, 0.15) is 53.9 Å². The van der Waals surface area contributed by atoms with Crippen molar-refractivity contribution in [3.05, 3.63) is 12.2 Å². The Bertz CT molecular complexity index is 298. The Labute approximate surface area is 125 Å². The van der Waals surface area contributed by atoms with Gasteiger partial charge in [0.15, 0.2) is 0 Å². The molecule has 0 saturated carbocycles. The largest absolute Gasteiger partial charge is 0.463 e. The fraction of sp³-hybridized carbons (Fsp3) is 0.800. The third-order valence-electron chi connectivity index (χ3n) is 3.12. The van der Waals surface area contributed by atoms with Crippen LogP contribution in [0.25, 0.3) is 0 Å². The maximum Gasteiger partial charge on any atom is 0.333 e. The van der Waals surface area contributed by atoms with Crippen LogP contribution >= 0.6 is 0 Å². The van der Waals surface area contributed by atoms with Crippen molar-refractivity contribution in [2.45, 2.75) is 65.0 Å². The molecule has 0 aromatic heterocycles. The van der Waals surface area contributed by atoms with Gasteiger partial charge in [-0.1, -0.05) is 26.8 Å². The summed E-state index contributed by atoms with van der Waals surface area (Å²) in [6.45, 7) is 14.6. The van der Waals surface area contributed by atoms with Gasteiger partial charge in [0.25, 0.3) is 0 Å². The molecule has 0 aromatic rings. The lowest BCUT2D eigenvalue weighted by molar-refractivity contribution is -0.180. The van der Waals surface area contributed by atoms with E-state index in [1.54, 1.807) is 6.92 Å². The van der Waals surface area contributed by atoms with Crippen LogP contribution in [-0.2, 0) is 19.0 Å². The molecule has 0 heterocycles. The fourth-order valence-corrected chi connectivity index (χ4v) is 4.63. The predicted octanol–water partition coefficient (Wildman–Crippen LogP) is 2.54. The van der Waals surface area contributed by atoms with E-state index in [1.165, 1.54) is 0 Å². The van der Waals surface area contributed by atoms with Crippen molar-refractivity contribution in [1.29, 1.82) is 0 Å². The standard InChI is InChI=1S/C15H30O4Si/c1-7-11-13(19-14(16)12(5)6)20-15(8-2,17-9-3)18-10-4/h13H,5,7-11,20H2,1-4,6H3. The van der Waals surface area contributed by atoms with Gasteiger partial charge in [-0.2, -0.15) is 0 Å². The van der Waals surface area contributed by atoms with E-state index in [1.807, 2.05) is 13.8 Å². The van der Waals surface area contributed by atoms with Gasteiger partial charge in [0.05, 0.1) is 5.73 Å². The van der Waals surface area contributed by atoms with Gasteiger partial charge < -0.3 is 14.2 Å². The quantitative estimate of drug-likeness (QED) is 0.255. The van der Waals surface area contributed by atoms with Crippen LogP contribution in [0, 0.1) is 0 Å². The van der Waals surface area contributed by atoms with Gasteiger partial charge >= 0.3 is 5.97 Å². The van der Waals surface area contributed by atoms with Crippen LogP contribution in [0.15, 0.2) is 12.2 Å². The molecule has 0 saturated heterocycles. The summed E-state index contributed by atoms with van der Waals surface area (Å²) in [5, 5.41) is 0. The maximum atomic E-state index is 11.7. The number of esters is 1. The summed E-state index contributed by atoms with van der Waals surface area (Å²) in [5.74, 6) is -0.311. The Kier molecular flexibility index (Phi) is 9.80. The molecule has 0 spiro atoms. The van der Waals surface area contributed by atoms with Crippen LogP contribution < -0.4 is 0 Å². The molecule has 20 heavy (non-hydrogen) atoms. The molecule has 0 aliphatic rings. The Morgan fingerprint density at radius 3 is 2.10 bits per heavy atom. The zero-order valence-corrected chi connectivity index (χ0v) is 15.1. The van der Waals surface area contributed by atoms with Crippen molar-refractivity contribution in [3.63, 3.8) is 0 Å². The lowest BCUT2D eigenvalue weighted by Gasteiger charge is -2.35. The van der Waals surface area contributed by atoms with E-state index in [9.17, 15) is 4.79 Å². The number of ether oxygens (including phenoxy) is 3. The van der Waals surface area contributed by atoms with Gasteiger partial charge in [0, 0.05) is 18.8 Å². The number of carbonyl (C=O) groups is 1. The molecule has 1 unspecified atom stereocenters. The zero-order chi connectivity index (χ0) is 15.6. The van der Waals surface area contributed by atoms with Crippen LogP contribution in [0.5, 0.6) is 0 Å². The lowest BCUT2D eigenvalue weighted by atomic mass is 10.3. The van der Waals surface area contributed by atoms with Gasteiger partial charge in [-0.15, -0.1) is 0 Å². The molecule has 4 nitrogen and oxygen atoms in total. The molecule has 0 aliphatic carbocycles. The molecule has 0 N–H and O–H groups in total. The number of rotatable bonds is 11. The zero-order valence-electron chi connectivity index (χ0n) is 13.7. The Hall–Kier alpha value is -0.653. The highest BCUT2D eigenvalue weighted by molar-refractivity contribution is 6.41. The minimum atomic E-state index is -0.904. The van der Waals surface area contributed by atoms with Crippen molar-refractivity contribution < 1.29 is 19.0 Å². The third kappa shape index (κ3) is 6.68. The first-order valence-corrected chi connectivity index (χ1v) is 9.11. The van der Waals surface area contributed by atoms with E-state index < -0.39 is 14.9 Å². The van der Waals surface area contributed by atoms with Crippen molar-refractivity contribution in [3.8, 4) is 0 Å². The fourth-order valence-electron chi connectivity index (χ4n) is 2.16. The average Bonchev–Trinajstić information content (AvgIpc) is 2.39. The molecule has 0 aromatic carbocycles. The van der Waals surface area contributed by atoms with Crippen molar-refractivity contribution in [2.24, 2.45) is 0 Å². The van der Waals surface area contributed by atoms with Crippen LogP contribution in [-0.4, -0.2) is 39.8 Å². The van der Waals surface area contributed by atoms with E-state index in [0.717, 1.165) is 19.3 Å². The molecular weight excluding hydrogens is 272 g/mol. The lowest BCUT2D eigenvalue weighted by Crippen LogP contribution is -2.48. The smallest absolute Gasteiger partial charge is 0.333 e. The van der Waals surface area contributed by atoms with Crippen molar-refractivity contribution >= 4 is 15.5 Å². The van der Waals surface area contributed by atoms with Gasteiger partial charge in [0.1, 0.15) is 14.9 Å². The summed E-state index contributed by atoms with van der Waals surface area (Å²) in [7, 11) is -0.904. The molecule has 5 heteroatoms. The van der Waals surface area contributed by atoms with Gasteiger partial charge in [-0.3, -0.25) is 0 Å². The van der Waals surface area contributed by atoms with E-state index in [4.69, 9.17) is 14.2 Å². The molecule has 0 aliphatic heterocycles. The molecule has 0 radical (unpaired) electrons. The summed E-state index contributed by atoms with van der Waals surface area (Å²) in [5.41, 5.74) is -0.157. The molecule has 0 fully saturated rings. The third-order valence-corrected chi connectivity index (χ3v) is 5.69. The first kappa shape index (κ1) is 19.3. The highest BCUT2D eigenvalue weighted by Crippen LogP contribution is 2.21. The molecule has 0 rings (SSSR count). The first-order chi connectivity index (χ1) is 9.44. The van der Waals surface area contributed by atoms with Crippen LogP contribution in [0.4, 0.5) is 0 Å². The summed E-state index contributed by atoms with van der Waals surface area (Å²) in [6.07, 6.45) is 2.61. The average molecular weight is 302 g/mol. The SMILES string of the molecule is C=C(C)C(=O)OC(CCC)[SiH2]C(CC)(OCC)OCC. The molecule has 0 bridgehead atoms. The first-order valence-electron chi connectivity index (χ1n) is 7.59. The monoisotopic (exact) mass is 302 g/mol. The molecular formula is C15H30O4Si. The van der Waals surface area contributed by atoms with E-state index in [2.05, 4.69) is 20.4 Å². The highest BCUT2D eigenvalue weighted by Gasteiger charge is 2.34. The second kappa shape index (κ2) is 10.1. The Morgan fingerprint density at radius 1 is 1.20 bits per heavy atom. The normalized spacial score (nSPS) is 13.7. The van der Waals surface area contributed by atoms with Crippen LogP contribution in [0.2, 0.25) is 0 Å². The van der Waals surface area contributed by atoms with E-state index in [0.29, 0.717) is 18.8 Å². The number of hydrogen-bond acceptors (Lipinski definition) is 4.